The number of Topliss-reactive ketones (excluding diaryl/α,β-unsaturated/α-hetero) is 2. The Morgan fingerprint density at radius 3 is 2.38 bits per heavy atom. The van der Waals surface area contributed by atoms with E-state index in [-0.39, 0.29) is 36.1 Å². The Morgan fingerprint density at radius 1 is 1.03 bits per heavy atom. The van der Waals surface area contributed by atoms with Gasteiger partial charge in [-0.3, -0.25) is 9.59 Å². The Labute approximate surface area is 213 Å². The van der Waals surface area contributed by atoms with Crippen LogP contribution in [0.4, 0.5) is 4.39 Å². The molecule has 1 saturated carbocycles. The van der Waals surface area contributed by atoms with Crippen LogP contribution in [0, 0.1) is 18.2 Å². The number of halogens is 1. The van der Waals surface area contributed by atoms with Crippen molar-refractivity contribution in [3.8, 4) is 22.5 Å². The minimum absolute atomic E-state index is 0.0739. The average Bonchev–Trinajstić information content (AvgIpc) is 3.59. The summed E-state index contributed by atoms with van der Waals surface area (Å²) in [6, 6.07) is 17.0. The number of aryl methyl sites for hydroxylation is 1. The molecule has 1 aliphatic carbocycles. The Bertz CT molecular complexity index is 1560. The maximum absolute atomic E-state index is 13.5. The highest BCUT2D eigenvalue weighted by Crippen LogP contribution is 2.49. The van der Waals surface area contributed by atoms with Gasteiger partial charge >= 0.3 is 0 Å². The molecule has 5 rings (SSSR count). The van der Waals surface area contributed by atoms with Gasteiger partial charge in [-0.05, 0) is 78.9 Å². The van der Waals surface area contributed by atoms with Crippen molar-refractivity contribution in [3.63, 3.8) is 0 Å². The van der Waals surface area contributed by atoms with E-state index in [9.17, 15) is 14.0 Å². The van der Waals surface area contributed by atoms with E-state index in [2.05, 4.69) is 5.16 Å². The molecule has 1 heterocycles. The maximum atomic E-state index is 13.5. The van der Waals surface area contributed by atoms with Gasteiger partial charge in [0.15, 0.2) is 11.6 Å². The van der Waals surface area contributed by atoms with Crippen LogP contribution < -0.4 is 5.73 Å². The van der Waals surface area contributed by atoms with Crippen LogP contribution >= 0.6 is 0 Å². The summed E-state index contributed by atoms with van der Waals surface area (Å²) in [7, 11) is 0. The predicted octanol–water partition coefficient (Wildman–Crippen LogP) is 6.91. The van der Waals surface area contributed by atoms with Gasteiger partial charge in [0.05, 0.1) is 5.56 Å². The van der Waals surface area contributed by atoms with E-state index in [1.54, 1.807) is 25.1 Å². The highest BCUT2D eigenvalue weighted by molar-refractivity contribution is 6.13. The van der Waals surface area contributed by atoms with Gasteiger partial charge < -0.3 is 15.4 Å². The summed E-state index contributed by atoms with van der Waals surface area (Å²) in [5.74, 6) is -0.000483. The third-order valence-electron chi connectivity index (χ3n) is 7.27. The average molecular weight is 499 g/mol. The summed E-state index contributed by atoms with van der Waals surface area (Å²) in [5.41, 5.74) is 10.1. The first kappa shape index (κ1) is 24.4. The van der Waals surface area contributed by atoms with Gasteiger partial charge in [-0.15, -0.1) is 0 Å². The minimum Gasteiger partial charge on any atom is -0.455 e. The minimum atomic E-state index is -0.557. The maximum Gasteiger partial charge on any atom is 0.167 e. The fraction of sp³-hybridized carbons (Fsp3) is 0.233. The molecule has 1 fully saturated rings. The van der Waals surface area contributed by atoms with E-state index >= 15 is 0 Å². The van der Waals surface area contributed by atoms with Crippen LogP contribution in [0.1, 0.15) is 58.9 Å². The molecule has 0 spiro atoms. The molecule has 0 unspecified atom stereocenters. The topological polar surface area (TPSA) is 106 Å². The van der Waals surface area contributed by atoms with Crippen LogP contribution in [0.3, 0.4) is 0 Å². The van der Waals surface area contributed by atoms with Gasteiger partial charge in [-0.1, -0.05) is 30.3 Å². The normalized spacial score (nSPS) is 14.6. The Morgan fingerprint density at radius 2 is 1.73 bits per heavy atom. The first-order valence-electron chi connectivity index (χ1n) is 12.2. The summed E-state index contributed by atoms with van der Waals surface area (Å²) in [5, 5.41) is 12.9. The molecule has 0 radical (unpaired) electrons. The molecule has 0 amide bonds. The predicted molar refractivity (Wildman–Crippen MR) is 140 cm³/mol. The molecule has 3 N–H and O–H groups in total. The number of fused-ring (bicyclic) bond motifs is 1. The van der Waals surface area contributed by atoms with Gasteiger partial charge in [-0.25, -0.2) is 4.39 Å². The van der Waals surface area contributed by atoms with E-state index in [1.165, 1.54) is 12.1 Å². The molecular weight excluding hydrogens is 471 g/mol. The first-order chi connectivity index (χ1) is 17.8. The zero-order chi connectivity index (χ0) is 26.3. The van der Waals surface area contributed by atoms with Crippen molar-refractivity contribution < 1.29 is 23.6 Å². The highest BCUT2D eigenvalue weighted by Gasteiger charge is 2.48. The molecule has 6 nitrogen and oxygen atoms in total. The highest BCUT2D eigenvalue weighted by atomic mass is 19.1. The third-order valence-corrected chi connectivity index (χ3v) is 7.27. The molecule has 0 aliphatic heterocycles. The molecule has 4 aromatic rings. The quantitative estimate of drug-likeness (QED) is 0.0903. The third kappa shape index (κ3) is 4.42. The lowest BCUT2D eigenvalue weighted by Gasteiger charge is -2.14. The molecular formula is C30H27FN2O4. The van der Waals surface area contributed by atoms with Crippen molar-refractivity contribution in [1.29, 1.82) is 0 Å². The van der Waals surface area contributed by atoms with Gasteiger partial charge in [0, 0.05) is 34.8 Å². The van der Waals surface area contributed by atoms with Crippen LogP contribution in [-0.4, -0.2) is 22.6 Å². The van der Waals surface area contributed by atoms with Crippen LogP contribution in [-0.2, 0) is 0 Å². The summed E-state index contributed by atoms with van der Waals surface area (Å²) in [6.45, 7) is 3.75. The molecule has 0 atom stereocenters. The molecule has 3 aromatic carbocycles. The fourth-order valence-electron chi connectivity index (χ4n) is 4.82. The lowest BCUT2D eigenvalue weighted by Crippen LogP contribution is -2.27. The van der Waals surface area contributed by atoms with Crippen LogP contribution in [0.15, 0.2) is 70.2 Å². The van der Waals surface area contributed by atoms with E-state index in [4.69, 9.17) is 15.4 Å². The summed E-state index contributed by atoms with van der Waals surface area (Å²) in [6.07, 6.45) is 1.91. The van der Waals surface area contributed by atoms with Crippen molar-refractivity contribution >= 4 is 28.4 Å². The van der Waals surface area contributed by atoms with Gasteiger partial charge in [-0.2, -0.15) is 0 Å². The second-order valence-corrected chi connectivity index (χ2v) is 9.70. The van der Waals surface area contributed by atoms with E-state index in [0.29, 0.717) is 33.4 Å². The Balaban J connectivity index is 1.57. The monoisotopic (exact) mass is 498 g/mol. The van der Waals surface area contributed by atoms with Gasteiger partial charge in [0.2, 0.25) is 0 Å². The number of hydrogen-bond acceptors (Lipinski definition) is 5. The van der Waals surface area contributed by atoms with E-state index < -0.39 is 5.41 Å². The Hall–Kier alpha value is -4.26. The fourth-order valence-corrected chi connectivity index (χ4v) is 4.82. The largest absolute Gasteiger partial charge is 0.455 e. The summed E-state index contributed by atoms with van der Waals surface area (Å²) in [4.78, 5) is 26.1. The standard InChI is InChI=1S/C30H27FN2O4/c1-3-24(34)27-23-14-19(8-11-26(23)37-28(27)18-6-9-21(31)10-7-18)22-15-20(5-4-17(22)2)25(35)16-30(12-13-30)29(32)33-36/h4-11,14-15,36H,3,12-13,16H2,1-2H3,(H2,32,33). The number of rotatable bonds is 8. The first-order valence-corrected chi connectivity index (χ1v) is 12.2. The second kappa shape index (κ2) is 9.32. The van der Waals surface area contributed by atoms with Crippen LogP contribution in [0.2, 0.25) is 0 Å². The molecule has 0 saturated heterocycles. The number of ketones is 2. The zero-order valence-electron chi connectivity index (χ0n) is 20.7. The number of oxime groups is 1. The molecule has 0 bridgehead atoms. The van der Waals surface area contributed by atoms with Gasteiger partial charge in [0.25, 0.3) is 0 Å². The number of benzene rings is 3. The number of nitrogens with zero attached hydrogens (tertiary/aromatic N) is 1. The number of carbonyl (C=O) groups excluding carboxylic acids is 2. The smallest absolute Gasteiger partial charge is 0.167 e. The van der Waals surface area contributed by atoms with E-state index in [1.807, 2.05) is 37.3 Å². The molecule has 188 valence electrons. The van der Waals surface area contributed by atoms with Gasteiger partial charge in [0.1, 0.15) is 23.0 Å². The van der Waals surface area contributed by atoms with Crippen molar-refractivity contribution in [3.05, 3.63) is 83.2 Å². The van der Waals surface area contributed by atoms with Crippen molar-refractivity contribution in [2.75, 3.05) is 0 Å². The summed E-state index contributed by atoms with van der Waals surface area (Å²) < 4.78 is 19.6. The van der Waals surface area contributed by atoms with E-state index in [0.717, 1.165) is 29.5 Å². The molecule has 1 aliphatic rings. The number of furan rings is 1. The zero-order valence-corrected chi connectivity index (χ0v) is 20.7. The van der Waals surface area contributed by atoms with Crippen molar-refractivity contribution in [1.82, 2.24) is 0 Å². The number of amidine groups is 1. The summed E-state index contributed by atoms with van der Waals surface area (Å²) >= 11 is 0. The Kier molecular flexibility index (Phi) is 6.15. The molecule has 37 heavy (non-hydrogen) atoms. The molecule has 1 aromatic heterocycles. The molecule has 7 heteroatoms. The van der Waals surface area contributed by atoms with Crippen LogP contribution in [0.25, 0.3) is 33.4 Å². The van der Waals surface area contributed by atoms with Crippen molar-refractivity contribution in [2.45, 2.75) is 39.5 Å². The number of hydrogen-bond donors (Lipinski definition) is 2. The SMILES string of the molecule is CCC(=O)c1c(-c2ccc(F)cc2)oc2ccc(-c3cc(C(=O)CC4(C(N)=NO)CC4)ccc3C)cc12. The lowest BCUT2D eigenvalue weighted by molar-refractivity contribution is 0.0964. The van der Waals surface area contributed by atoms with Crippen molar-refractivity contribution in [2.24, 2.45) is 16.3 Å². The second-order valence-electron chi connectivity index (χ2n) is 9.70. The lowest BCUT2D eigenvalue weighted by atomic mass is 9.91. The number of carbonyl (C=O) groups is 2. The number of nitrogens with two attached hydrogens (primary N) is 1. The van der Waals surface area contributed by atoms with Crippen LogP contribution in [0.5, 0.6) is 0 Å².